The van der Waals surface area contributed by atoms with Crippen LogP contribution in [0.5, 0.6) is 0 Å². The van der Waals surface area contributed by atoms with Gasteiger partial charge < -0.3 is 9.47 Å². The number of carbonyl (C=O) groups is 1. The van der Waals surface area contributed by atoms with E-state index >= 15 is 0 Å². The molecular formula is C12H12BrClO5S. The average molecular weight is 384 g/mol. The maximum Gasteiger partial charge on any atom is 0.338 e. The molecule has 0 spiro atoms. The molecule has 2 rings (SSSR count). The highest BCUT2D eigenvalue weighted by Gasteiger charge is 2.24. The quantitative estimate of drug-likeness (QED) is 0.593. The zero-order valence-corrected chi connectivity index (χ0v) is 13.7. The molecule has 1 heterocycles. The molecule has 5 nitrogen and oxygen atoms in total. The fourth-order valence-corrected chi connectivity index (χ4v) is 4.01. The summed E-state index contributed by atoms with van der Waals surface area (Å²) in [7, 11) is 1.41. The van der Waals surface area contributed by atoms with E-state index < -0.39 is 15.0 Å². The molecule has 0 amide bonds. The Labute approximate surface area is 129 Å². The lowest BCUT2D eigenvalue weighted by atomic mass is 10.1. The maximum absolute atomic E-state index is 12.0. The van der Waals surface area contributed by atoms with Gasteiger partial charge in [0.25, 0.3) is 9.05 Å². The van der Waals surface area contributed by atoms with Crippen LogP contribution < -0.4 is 0 Å². The first-order chi connectivity index (χ1) is 9.29. The van der Waals surface area contributed by atoms with Crippen molar-refractivity contribution in [2.45, 2.75) is 24.3 Å². The van der Waals surface area contributed by atoms with E-state index in [-0.39, 0.29) is 16.6 Å². The van der Waals surface area contributed by atoms with E-state index in [1.165, 1.54) is 6.07 Å². The van der Waals surface area contributed by atoms with Crippen LogP contribution in [0.3, 0.4) is 0 Å². The lowest BCUT2D eigenvalue weighted by Crippen LogP contribution is -2.18. The minimum absolute atomic E-state index is 0.145. The van der Waals surface area contributed by atoms with Gasteiger partial charge in [0.05, 0.1) is 23.7 Å². The summed E-state index contributed by atoms with van der Waals surface area (Å²) in [6, 6.07) is 2.76. The van der Waals surface area contributed by atoms with Gasteiger partial charge in [-0.25, -0.2) is 13.2 Å². The number of hydrogen-bond donors (Lipinski definition) is 0. The minimum atomic E-state index is -3.95. The molecule has 1 unspecified atom stereocenters. The molecule has 0 aliphatic carbocycles. The summed E-state index contributed by atoms with van der Waals surface area (Å²) < 4.78 is 33.7. The van der Waals surface area contributed by atoms with Crippen LogP contribution in [0.25, 0.3) is 0 Å². The highest BCUT2D eigenvalue weighted by molar-refractivity contribution is 9.10. The summed E-state index contributed by atoms with van der Waals surface area (Å²) in [5.41, 5.74) is 0.734. The Bertz CT molecular complexity index is 637. The van der Waals surface area contributed by atoms with Crippen molar-refractivity contribution in [3.8, 4) is 0 Å². The normalized spacial score (nSPS) is 19.1. The van der Waals surface area contributed by atoms with Gasteiger partial charge in [-0.2, -0.15) is 0 Å². The Morgan fingerprint density at radius 2 is 2.20 bits per heavy atom. The van der Waals surface area contributed by atoms with Crippen LogP contribution in [0, 0.1) is 6.92 Å². The Morgan fingerprint density at radius 3 is 2.75 bits per heavy atom. The molecule has 0 N–H and O–H groups in total. The third kappa shape index (κ3) is 3.52. The van der Waals surface area contributed by atoms with Crippen LogP contribution in [-0.4, -0.2) is 33.7 Å². The van der Waals surface area contributed by atoms with E-state index in [0.29, 0.717) is 29.7 Å². The molecule has 1 fully saturated rings. The fraction of sp³-hybridized carbons (Fsp3) is 0.417. The predicted octanol–water partition coefficient (Wildman–Crippen LogP) is 2.63. The van der Waals surface area contributed by atoms with Crippen LogP contribution in [0.2, 0.25) is 0 Å². The number of halogens is 2. The second-order valence-electron chi connectivity index (χ2n) is 4.43. The molecular weight excluding hydrogens is 372 g/mol. The maximum atomic E-state index is 12.0. The molecule has 0 bridgehead atoms. The molecule has 1 aromatic rings. The molecule has 1 saturated heterocycles. The van der Waals surface area contributed by atoms with Gasteiger partial charge in [0, 0.05) is 21.6 Å². The van der Waals surface area contributed by atoms with Gasteiger partial charge in [-0.15, -0.1) is 0 Å². The minimum Gasteiger partial charge on any atom is -0.456 e. The molecule has 20 heavy (non-hydrogen) atoms. The summed E-state index contributed by atoms with van der Waals surface area (Å²) in [4.78, 5) is 11.9. The Morgan fingerprint density at radius 1 is 1.50 bits per heavy atom. The largest absolute Gasteiger partial charge is 0.456 e. The number of aryl methyl sites for hydroxylation is 1. The molecule has 1 atom stereocenters. The molecule has 110 valence electrons. The molecule has 0 aromatic heterocycles. The third-order valence-corrected chi connectivity index (χ3v) is 5.54. The first kappa shape index (κ1) is 15.8. The first-order valence-corrected chi connectivity index (χ1v) is 8.93. The lowest BCUT2D eigenvalue weighted by molar-refractivity contribution is 0.0270. The van der Waals surface area contributed by atoms with Crippen LogP contribution in [0.1, 0.15) is 22.3 Å². The standard InChI is InChI=1S/C12H12BrClO5S/c1-7-4-8(5-10(11(7)13)20(14,16)17)12(15)19-9-2-3-18-6-9/h4-5,9H,2-3,6H2,1H3. The van der Waals surface area contributed by atoms with Crippen molar-refractivity contribution >= 4 is 41.6 Å². The van der Waals surface area contributed by atoms with E-state index in [1.54, 1.807) is 13.0 Å². The Hall–Kier alpha value is -0.630. The van der Waals surface area contributed by atoms with Gasteiger partial charge in [-0.3, -0.25) is 0 Å². The van der Waals surface area contributed by atoms with Gasteiger partial charge >= 0.3 is 5.97 Å². The molecule has 1 aliphatic rings. The highest BCUT2D eigenvalue weighted by Crippen LogP contribution is 2.30. The summed E-state index contributed by atoms with van der Waals surface area (Å²) in [6.07, 6.45) is 0.351. The molecule has 8 heteroatoms. The smallest absolute Gasteiger partial charge is 0.338 e. The third-order valence-electron chi connectivity index (χ3n) is 2.88. The van der Waals surface area contributed by atoms with Crippen LogP contribution in [-0.2, 0) is 18.5 Å². The van der Waals surface area contributed by atoms with Gasteiger partial charge in [0.15, 0.2) is 0 Å². The zero-order chi connectivity index (χ0) is 14.9. The number of rotatable bonds is 3. The Kier molecular flexibility index (Phi) is 4.73. The van der Waals surface area contributed by atoms with Crippen molar-refractivity contribution in [2.75, 3.05) is 13.2 Å². The summed E-state index contributed by atoms with van der Waals surface area (Å²) in [5.74, 6) is -0.585. The summed E-state index contributed by atoms with van der Waals surface area (Å²) in [5, 5.41) is 0. The number of esters is 1. The van der Waals surface area contributed by atoms with E-state index in [2.05, 4.69) is 15.9 Å². The lowest BCUT2D eigenvalue weighted by Gasteiger charge is -2.12. The van der Waals surface area contributed by atoms with E-state index in [4.69, 9.17) is 20.2 Å². The second-order valence-corrected chi connectivity index (χ2v) is 7.76. The van der Waals surface area contributed by atoms with Crippen molar-refractivity contribution in [3.05, 3.63) is 27.7 Å². The molecule has 1 aliphatic heterocycles. The highest BCUT2D eigenvalue weighted by atomic mass is 79.9. The SMILES string of the molecule is Cc1cc(C(=O)OC2CCOC2)cc(S(=O)(=O)Cl)c1Br. The zero-order valence-electron chi connectivity index (χ0n) is 10.6. The van der Waals surface area contributed by atoms with Crippen LogP contribution in [0.15, 0.2) is 21.5 Å². The van der Waals surface area contributed by atoms with Crippen molar-refractivity contribution in [1.82, 2.24) is 0 Å². The van der Waals surface area contributed by atoms with Crippen LogP contribution >= 0.6 is 26.6 Å². The van der Waals surface area contributed by atoms with Crippen LogP contribution in [0.4, 0.5) is 0 Å². The van der Waals surface area contributed by atoms with Crippen molar-refractivity contribution in [3.63, 3.8) is 0 Å². The monoisotopic (exact) mass is 382 g/mol. The number of hydrogen-bond acceptors (Lipinski definition) is 5. The van der Waals surface area contributed by atoms with E-state index in [1.807, 2.05) is 0 Å². The van der Waals surface area contributed by atoms with Gasteiger partial charge in [-0.1, -0.05) is 0 Å². The first-order valence-electron chi connectivity index (χ1n) is 5.82. The molecule has 0 radical (unpaired) electrons. The summed E-state index contributed by atoms with van der Waals surface area (Å²) in [6.45, 7) is 2.59. The van der Waals surface area contributed by atoms with Gasteiger partial charge in [-0.05, 0) is 40.5 Å². The van der Waals surface area contributed by atoms with Gasteiger partial charge in [0.2, 0.25) is 0 Å². The van der Waals surface area contributed by atoms with Crippen molar-refractivity contribution in [1.29, 1.82) is 0 Å². The van der Waals surface area contributed by atoms with E-state index in [0.717, 1.165) is 0 Å². The molecule has 0 saturated carbocycles. The average Bonchev–Trinajstić information content (AvgIpc) is 2.83. The number of benzene rings is 1. The fourth-order valence-electron chi connectivity index (χ4n) is 1.86. The predicted molar refractivity (Wildman–Crippen MR) is 76.6 cm³/mol. The Balaban J connectivity index is 2.32. The number of carbonyl (C=O) groups excluding carboxylic acids is 1. The second kappa shape index (κ2) is 6.01. The van der Waals surface area contributed by atoms with Crippen molar-refractivity contribution < 1.29 is 22.7 Å². The molecule has 1 aromatic carbocycles. The van der Waals surface area contributed by atoms with E-state index in [9.17, 15) is 13.2 Å². The number of ether oxygens (including phenoxy) is 2. The summed E-state index contributed by atoms with van der Waals surface area (Å²) >= 11 is 3.15. The topological polar surface area (TPSA) is 69.7 Å². The van der Waals surface area contributed by atoms with Gasteiger partial charge in [0.1, 0.15) is 6.10 Å². The van der Waals surface area contributed by atoms with Crippen molar-refractivity contribution in [2.24, 2.45) is 0 Å².